The standard InChI is InChI=1S/C18H24N6O3/c1-12(15(25)14-16(19)21(2)18(27)22(3)17(14)26)23-8-10-24(11-9-23)13-6-4-5-7-20-13/h4-7,12H,8-11,19H2,1-3H3/t12-/m0/s1. The van der Waals surface area contributed by atoms with Crippen molar-refractivity contribution in [1.82, 2.24) is 19.0 Å². The first-order chi connectivity index (χ1) is 12.8. The summed E-state index contributed by atoms with van der Waals surface area (Å²) < 4.78 is 2.04. The smallest absolute Gasteiger partial charge is 0.332 e. The number of anilines is 2. The number of carbonyl (C=O) groups excluding carboxylic acids is 1. The van der Waals surface area contributed by atoms with Crippen molar-refractivity contribution in [3.8, 4) is 0 Å². The molecule has 9 nitrogen and oxygen atoms in total. The number of aromatic nitrogens is 3. The number of pyridine rings is 1. The van der Waals surface area contributed by atoms with Crippen molar-refractivity contribution in [2.75, 3.05) is 36.8 Å². The Morgan fingerprint density at radius 3 is 2.37 bits per heavy atom. The molecule has 0 amide bonds. The summed E-state index contributed by atoms with van der Waals surface area (Å²) >= 11 is 0. The molecule has 9 heteroatoms. The number of hydrogen-bond acceptors (Lipinski definition) is 7. The quantitative estimate of drug-likeness (QED) is 0.718. The molecule has 0 aromatic carbocycles. The molecule has 2 aromatic heterocycles. The van der Waals surface area contributed by atoms with E-state index >= 15 is 0 Å². The molecule has 1 aliphatic rings. The lowest BCUT2D eigenvalue weighted by Gasteiger charge is -2.38. The Morgan fingerprint density at radius 2 is 1.78 bits per heavy atom. The molecule has 1 fully saturated rings. The zero-order valence-electron chi connectivity index (χ0n) is 15.8. The van der Waals surface area contributed by atoms with E-state index in [1.54, 1.807) is 13.1 Å². The molecule has 0 saturated carbocycles. The number of carbonyl (C=O) groups is 1. The van der Waals surface area contributed by atoms with Gasteiger partial charge in [0.05, 0.1) is 6.04 Å². The minimum absolute atomic E-state index is 0.0907. The maximum atomic E-state index is 13.0. The van der Waals surface area contributed by atoms with Crippen LogP contribution in [0.5, 0.6) is 0 Å². The molecule has 0 unspecified atom stereocenters. The van der Waals surface area contributed by atoms with Crippen molar-refractivity contribution in [1.29, 1.82) is 0 Å². The lowest BCUT2D eigenvalue weighted by Crippen LogP contribution is -2.53. The van der Waals surface area contributed by atoms with E-state index < -0.39 is 17.3 Å². The van der Waals surface area contributed by atoms with E-state index in [0.717, 1.165) is 28.0 Å². The van der Waals surface area contributed by atoms with Gasteiger partial charge >= 0.3 is 5.69 Å². The van der Waals surface area contributed by atoms with Crippen LogP contribution in [0.15, 0.2) is 34.0 Å². The minimum Gasteiger partial charge on any atom is -0.384 e. The summed E-state index contributed by atoms with van der Waals surface area (Å²) in [6.45, 7) is 4.55. The van der Waals surface area contributed by atoms with Gasteiger partial charge in [0, 0.05) is 46.5 Å². The van der Waals surface area contributed by atoms with Crippen molar-refractivity contribution in [2.45, 2.75) is 13.0 Å². The monoisotopic (exact) mass is 372 g/mol. The highest BCUT2D eigenvalue weighted by Gasteiger charge is 2.30. The molecule has 0 bridgehead atoms. The average molecular weight is 372 g/mol. The van der Waals surface area contributed by atoms with E-state index in [2.05, 4.69) is 9.88 Å². The Balaban J connectivity index is 1.78. The van der Waals surface area contributed by atoms with Crippen LogP contribution in [0.2, 0.25) is 0 Å². The predicted molar refractivity (Wildman–Crippen MR) is 103 cm³/mol. The Labute approximate surface area is 156 Å². The molecular weight excluding hydrogens is 348 g/mol. The summed E-state index contributed by atoms with van der Waals surface area (Å²) in [5, 5.41) is 0. The van der Waals surface area contributed by atoms with Gasteiger partial charge in [-0.15, -0.1) is 0 Å². The fourth-order valence-electron chi connectivity index (χ4n) is 3.35. The zero-order valence-corrected chi connectivity index (χ0v) is 15.8. The summed E-state index contributed by atoms with van der Waals surface area (Å²) in [4.78, 5) is 45.9. The van der Waals surface area contributed by atoms with E-state index in [-0.39, 0.29) is 17.2 Å². The fraction of sp³-hybridized carbons (Fsp3) is 0.444. The number of nitrogens with zero attached hydrogens (tertiary/aromatic N) is 5. The van der Waals surface area contributed by atoms with Crippen LogP contribution in [-0.4, -0.2) is 57.0 Å². The van der Waals surface area contributed by atoms with Gasteiger partial charge in [-0.3, -0.25) is 23.6 Å². The van der Waals surface area contributed by atoms with Crippen LogP contribution in [0, 0.1) is 0 Å². The summed E-state index contributed by atoms with van der Waals surface area (Å²) in [6, 6.07) is 5.26. The SMILES string of the molecule is C[C@@H](C(=O)c1c(N)n(C)c(=O)n(C)c1=O)N1CCN(c2ccccn2)CC1. The van der Waals surface area contributed by atoms with Crippen LogP contribution in [-0.2, 0) is 14.1 Å². The largest absolute Gasteiger partial charge is 0.384 e. The third kappa shape index (κ3) is 3.37. The molecule has 2 N–H and O–H groups in total. The maximum absolute atomic E-state index is 13.0. The Morgan fingerprint density at radius 1 is 1.11 bits per heavy atom. The van der Waals surface area contributed by atoms with Gasteiger partial charge in [0.25, 0.3) is 5.56 Å². The molecule has 1 saturated heterocycles. The van der Waals surface area contributed by atoms with Crippen LogP contribution in [0.1, 0.15) is 17.3 Å². The topological polar surface area (TPSA) is 106 Å². The number of nitrogen functional groups attached to an aromatic ring is 1. The zero-order chi connectivity index (χ0) is 19.7. The van der Waals surface area contributed by atoms with Gasteiger partial charge in [-0.25, -0.2) is 9.78 Å². The second kappa shape index (κ2) is 7.36. The molecular formula is C18H24N6O3. The van der Waals surface area contributed by atoms with E-state index in [0.29, 0.717) is 13.1 Å². The molecule has 1 atom stereocenters. The fourth-order valence-corrected chi connectivity index (χ4v) is 3.35. The van der Waals surface area contributed by atoms with E-state index in [4.69, 9.17) is 5.73 Å². The Hall–Kier alpha value is -2.94. The molecule has 144 valence electrons. The lowest BCUT2D eigenvalue weighted by molar-refractivity contribution is 0.0827. The number of hydrogen-bond donors (Lipinski definition) is 1. The molecule has 0 radical (unpaired) electrons. The first-order valence-electron chi connectivity index (χ1n) is 8.82. The summed E-state index contributed by atoms with van der Waals surface area (Å²) in [5.41, 5.74) is 4.58. The third-order valence-corrected chi connectivity index (χ3v) is 5.17. The Bertz CT molecular complexity index is 958. The van der Waals surface area contributed by atoms with E-state index in [1.165, 1.54) is 14.1 Å². The normalized spacial score (nSPS) is 16.3. The van der Waals surface area contributed by atoms with E-state index in [1.807, 2.05) is 23.1 Å². The summed E-state index contributed by atoms with van der Waals surface area (Å²) in [6.07, 6.45) is 1.76. The average Bonchev–Trinajstić information content (AvgIpc) is 2.71. The molecule has 0 aliphatic carbocycles. The van der Waals surface area contributed by atoms with Crippen LogP contribution in [0.25, 0.3) is 0 Å². The number of rotatable bonds is 4. The highest BCUT2D eigenvalue weighted by Crippen LogP contribution is 2.16. The van der Waals surface area contributed by atoms with E-state index in [9.17, 15) is 14.4 Å². The van der Waals surface area contributed by atoms with Gasteiger partial charge in [0.15, 0.2) is 5.78 Å². The number of ketones is 1. The Kier molecular flexibility index (Phi) is 5.13. The van der Waals surface area contributed by atoms with Crippen LogP contribution in [0.3, 0.4) is 0 Å². The van der Waals surface area contributed by atoms with Gasteiger partial charge in [-0.2, -0.15) is 0 Å². The highest BCUT2D eigenvalue weighted by molar-refractivity contribution is 6.03. The van der Waals surface area contributed by atoms with Crippen LogP contribution >= 0.6 is 0 Å². The second-order valence-corrected chi connectivity index (χ2v) is 6.72. The molecule has 3 rings (SSSR count). The van der Waals surface area contributed by atoms with Crippen LogP contribution < -0.4 is 21.9 Å². The van der Waals surface area contributed by atoms with Gasteiger partial charge < -0.3 is 10.6 Å². The summed E-state index contributed by atoms with van der Waals surface area (Å²) in [7, 11) is 2.79. The molecule has 27 heavy (non-hydrogen) atoms. The van der Waals surface area contributed by atoms with Gasteiger partial charge in [0.2, 0.25) is 0 Å². The summed E-state index contributed by atoms with van der Waals surface area (Å²) in [5.74, 6) is 0.453. The number of Topliss-reactive ketones (excluding diaryl/α,β-unsaturated/α-hetero) is 1. The number of nitrogens with two attached hydrogens (primary N) is 1. The first kappa shape index (κ1) is 18.8. The van der Waals surface area contributed by atoms with Gasteiger partial charge in [-0.05, 0) is 19.1 Å². The van der Waals surface area contributed by atoms with Crippen molar-refractivity contribution in [2.24, 2.45) is 14.1 Å². The van der Waals surface area contributed by atoms with Gasteiger partial charge in [0.1, 0.15) is 17.2 Å². The molecule has 0 spiro atoms. The maximum Gasteiger partial charge on any atom is 0.332 e. The van der Waals surface area contributed by atoms with Crippen LogP contribution in [0.4, 0.5) is 11.6 Å². The van der Waals surface area contributed by atoms with Crippen molar-refractivity contribution < 1.29 is 4.79 Å². The second-order valence-electron chi connectivity index (χ2n) is 6.72. The van der Waals surface area contributed by atoms with Crippen molar-refractivity contribution in [3.05, 3.63) is 50.8 Å². The van der Waals surface area contributed by atoms with Crippen molar-refractivity contribution in [3.63, 3.8) is 0 Å². The number of piperazine rings is 1. The minimum atomic E-state index is -0.653. The molecule has 2 aromatic rings. The lowest BCUT2D eigenvalue weighted by atomic mass is 10.0. The van der Waals surface area contributed by atoms with Crippen molar-refractivity contribution >= 4 is 17.4 Å². The molecule has 1 aliphatic heterocycles. The van der Waals surface area contributed by atoms with Gasteiger partial charge in [-0.1, -0.05) is 6.07 Å². The predicted octanol–water partition coefficient (Wildman–Crippen LogP) is -0.545. The first-order valence-corrected chi connectivity index (χ1v) is 8.82. The highest BCUT2D eigenvalue weighted by atomic mass is 16.2. The molecule has 3 heterocycles. The third-order valence-electron chi connectivity index (χ3n) is 5.17.